The lowest BCUT2D eigenvalue weighted by atomic mass is 9.78. The molecule has 0 aromatic carbocycles. The Hall–Kier alpha value is -1.37. The topological polar surface area (TPSA) is 41.1 Å². The van der Waals surface area contributed by atoms with Crippen LogP contribution in [0.2, 0.25) is 0 Å². The van der Waals surface area contributed by atoms with Crippen LogP contribution in [0.5, 0.6) is 0 Å². The summed E-state index contributed by atoms with van der Waals surface area (Å²) in [5, 5.41) is 3.35. The van der Waals surface area contributed by atoms with Crippen molar-refractivity contribution >= 4 is 5.82 Å². The maximum Gasteiger partial charge on any atom is 0.434 e. The molecule has 21 heavy (non-hydrogen) atoms. The summed E-state index contributed by atoms with van der Waals surface area (Å²) in [4.78, 5) is 9.80. The SMILES string of the molecule is Cc1nc(C(F)(F)F)cnc1N1CCC2(CCNCC2)C1. The van der Waals surface area contributed by atoms with Crippen molar-refractivity contribution < 1.29 is 13.2 Å². The lowest BCUT2D eigenvalue weighted by molar-refractivity contribution is -0.141. The van der Waals surface area contributed by atoms with Crippen LogP contribution < -0.4 is 10.2 Å². The third-order valence-corrected chi connectivity index (χ3v) is 4.61. The highest BCUT2D eigenvalue weighted by molar-refractivity contribution is 5.45. The van der Waals surface area contributed by atoms with Crippen LogP contribution in [0.4, 0.5) is 19.0 Å². The van der Waals surface area contributed by atoms with Crippen molar-refractivity contribution in [1.82, 2.24) is 15.3 Å². The van der Waals surface area contributed by atoms with Gasteiger partial charge in [0, 0.05) is 13.1 Å². The van der Waals surface area contributed by atoms with Gasteiger partial charge < -0.3 is 10.2 Å². The first-order valence-electron chi connectivity index (χ1n) is 7.26. The van der Waals surface area contributed by atoms with Gasteiger partial charge in [-0.15, -0.1) is 0 Å². The molecule has 2 fully saturated rings. The number of alkyl halides is 3. The van der Waals surface area contributed by atoms with Gasteiger partial charge in [-0.25, -0.2) is 9.97 Å². The molecule has 0 amide bonds. The second kappa shape index (κ2) is 5.12. The Balaban J connectivity index is 1.79. The number of nitrogens with one attached hydrogen (secondary N) is 1. The van der Waals surface area contributed by atoms with E-state index in [-0.39, 0.29) is 0 Å². The van der Waals surface area contributed by atoms with Crippen LogP contribution in [0.1, 0.15) is 30.7 Å². The summed E-state index contributed by atoms with van der Waals surface area (Å²) in [5.41, 5.74) is -0.266. The van der Waals surface area contributed by atoms with E-state index in [2.05, 4.69) is 20.2 Å². The molecule has 3 rings (SSSR count). The van der Waals surface area contributed by atoms with Gasteiger partial charge in [-0.3, -0.25) is 0 Å². The monoisotopic (exact) mass is 300 g/mol. The fourth-order valence-electron chi connectivity index (χ4n) is 3.40. The van der Waals surface area contributed by atoms with Crippen molar-refractivity contribution in [3.8, 4) is 0 Å². The summed E-state index contributed by atoms with van der Waals surface area (Å²) in [6, 6.07) is 0. The number of anilines is 1. The van der Waals surface area contributed by atoms with Crippen molar-refractivity contribution in [1.29, 1.82) is 0 Å². The Labute approximate surface area is 121 Å². The number of hydrogen-bond acceptors (Lipinski definition) is 4. The maximum atomic E-state index is 12.6. The van der Waals surface area contributed by atoms with E-state index in [1.165, 1.54) is 0 Å². The van der Waals surface area contributed by atoms with E-state index in [1.807, 2.05) is 0 Å². The molecule has 1 spiro atoms. The van der Waals surface area contributed by atoms with Crippen molar-refractivity contribution in [2.45, 2.75) is 32.4 Å². The third-order valence-electron chi connectivity index (χ3n) is 4.61. The standard InChI is InChI=1S/C14H19F3N4/c1-10-12(19-8-11(20-10)14(15,16)17)21-7-4-13(9-21)2-5-18-6-3-13/h8,18H,2-7,9H2,1H3. The average Bonchev–Trinajstić information content (AvgIpc) is 2.82. The minimum absolute atomic E-state index is 0.294. The maximum absolute atomic E-state index is 12.6. The van der Waals surface area contributed by atoms with E-state index in [9.17, 15) is 13.2 Å². The number of aryl methyl sites for hydroxylation is 1. The van der Waals surface area contributed by atoms with Crippen LogP contribution in [0.3, 0.4) is 0 Å². The van der Waals surface area contributed by atoms with Crippen LogP contribution in [0, 0.1) is 12.3 Å². The molecule has 0 radical (unpaired) electrons. The third kappa shape index (κ3) is 2.84. The summed E-state index contributed by atoms with van der Waals surface area (Å²) in [5.74, 6) is 0.596. The largest absolute Gasteiger partial charge is 0.434 e. The van der Waals surface area contributed by atoms with Gasteiger partial charge in [0.15, 0.2) is 5.69 Å². The van der Waals surface area contributed by atoms with Gasteiger partial charge in [0.1, 0.15) is 5.82 Å². The van der Waals surface area contributed by atoms with Crippen LogP contribution in [0.15, 0.2) is 6.20 Å². The number of piperidine rings is 1. The van der Waals surface area contributed by atoms with E-state index < -0.39 is 11.9 Å². The summed E-state index contributed by atoms with van der Waals surface area (Å²) in [6.45, 7) is 5.36. The predicted molar refractivity (Wildman–Crippen MR) is 73.1 cm³/mol. The zero-order chi connectivity index (χ0) is 15.1. The molecular formula is C14H19F3N4. The highest BCUT2D eigenvalue weighted by atomic mass is 19.4. The first-order valence-corrected chi connectivity index (χ1v) is 7.26. The second-order valence-electron chi connectivity index (χ2n) is 6.08. The van der Waals surface area contributed by atoms with Gasteiger partial charge in [-0.2, -0.15) is 13.2 Å². The molecule has 0 saturated carbocycles. The van der Waals surface area contributed by atoms with Gasteiger partial charge in [0.05, 0.1) is 11.9 Å². The van der Waals surface area contributed by atoms with E-state index in [1.54, 1.807) is 6.92 Å². The molecule has 2 aliphatic heterocycles. The van der Waals surface area contributed by atoms with Crippen molar-refractivity contribution in [3.63, 3.8) is 0 Å². The van der Waals surface area contributed by atoms with Gasteiger partial charge in [-0.05, 0) is 44.7 Å². The fourth-order valence-corrected chi connectivity index (χ4v) is 3.40. The smallest absolute Gasteiger partial charge is 0.355 e. The summed E-state index contributed by atoms with van der Waals surface area (Å²) < 4.78 is 37.9. The molecule has 4 nitrogen and oxygen atoms in total. The molecular weight excluding hydrogens is 281 g/mol. The lowest BCUT2D eigenvalue weighted by Gasteiger charge is -2.34. The summed E-state index contributed by atoms with van der Waals surface area (Å²) in [6.07, 6.45) is -0.267. The van der Waals surface area contributed by atoms with Gasteiger partial charge in [0.25, 0.3) is 0 Å². The second-order valence-corrected chi connectivity index (χ2v) is 6.08. The molecule has 1 aromatic rings. The van der Waals surface area contributed by atoms with E-state index in [0.29, 0.717) is 16.9 Å². The number of rotatable bonds is 1. The normalized spacial score (nSPS) is 22.0. The van der Waals surface area contributed by atoms with Gasteiger partial charge >= 0.3 is 6.18 Å². The van der Waals surface area contributed by atoms with Crippen LogP contribution in [-0.2, 0) is 6.18 Å². The first-order chi connectivity index (χ1) is 9.90. The van der Waals surface area contributed by atoms with Crippen molar-refractivity contribution in [2.24, 2.45) is 5.41 Å². The molecule has 3 heterocycles. The fraction of sp³-hybridized carbons (Fsp3) is 0.714. The summed E-state index contributed by atoms with van der Waals surface area (Å²) >= 11 is 0. The Morgan fingerprint density at radius 3 is 2.57 bits per heavy atom. The minimum atomic E-state index is -4.43. The first kappa shape index (κ1) is 14.6. The van der Waals surface area contributed by atoms with Crippen LogP contribution >= 0.6 is 0 Å². The number of nitrogens with zero attached hydrogens (tertiary/aromatic N) is 3. The minimum Gasteiger partial charge on any atom is -0.355 e. The van der Waals surface area contributed by atoms with Gasteiger partial charge in [-0.1, -0.05) is 0 Å². The zero-order valence-corrected chi connectivity index (χ0v) is 12.0. The number of halogens is 3. The predicted octanol–water partition coefficient (Wildman–Crippen LogP) is 2.38. The van der Waals surface area contributed by atoms with E-state index in [0.717, 1.165) is 51.6 Å². The highest BCUT2D eigenvalue weighted by Crippen LogP contribution is 2.40. The highest BCUT2D eigenvalue weighted by Gasteiger charge is 2.40. The molecule has 0 atom stereocenters. The van der Waals surface area contributed by atoms with Crippen molar-refractivity contribution in [2.75, 3.05) is 31.1 Å². The van der Waals surface area contributed by atoms with E-state index in [4.69, 9.17) is 0 Å². The lowest BCUT2D eigenvalue weighted by Crippen LogP contribution is -2.38. The Morgan fingerprint density at radius 2 is 1.95 bits per heavy atom. The molecule has 0 aliphatic carbocycles. The zero-order valence-electron chi connectivity index (χ0n) is 12.0. The van der Waals surface area contributed by atoms with Crippen LogP contribution in [0.25, 0.3) is 0 Å². The Morgan fingerprint density at radius 1 is 1.24 bits per heavy atom. The summed E-state index contributed by atoms with van der Waals surface area (Å²) in [7, 11) is 0. The Kier molecular flexibility index (Phi) is 3.55. The van der Waals surface area contributed by atoms with Crippen LogP contribution in [-0.4, -0.2) is 36.1 Å². The van der Waals surface area contributed by atoms with Gasteiger partial charge in [0.2, 0.25) is 0 Å². The molecule has 0 bridgehead atoms. The average molecular weight is 300 g/mol. The molecule has 2 saturated heterocycles. The number of hydrogen-bond donors (Lipinski definition) is 1. The Bertz CT molecular complexity index is 523. The molecule has 0 unspecified atom stereocenters. The van der Waals surface area contributed by atoms with E-state index >= 15 is 0 Å². The molecule has 1 aromatic heterocycles. The molecule has 7 heteroatoms. The molecule has 1 N–H and O–H groups in total. The molecule has 2 aliphatic rings. The number of aromatic nitrogens is 2. The van der Waals surface area contributed by atoms with Crippen molar-refractivity contribution in [3.05, 3.63) is 17.6 Å². The molecule has 116 valence electrons. The quantitative estimate of drug-likeness (QED) is 0.864.